The highest BCUT2D eigenvalue weighted by molar-refractivity contribution is 6.31. The molecule has 27 heavy (non-hydrogen) atoms. The molecule has 1 unspecified atom stereocenters. The summed E-state index contributed by atoms with van der Waals surface area (Å²) >= 11 is 6.32. The quantitative estimate of drug-likeness (QED) is 0.760. The molecule has 1 N–H and O–H groups in total. The summed E-state index contributed by atoms with van der Waals surface area (Å²) in [5, 5.41) is 3.18. The third-order valence-corrected chi connectivity index (χ3v) is 3.79. The highest BCUT2D eigenvalue weighted by atomic mass is 35.5. The molecule has 142 valence electrons. The fourth-order valence-corrected chi connectivity index (χ4v) is 2.56. The number of carbonyl (C=O) groups is 1. The van der Waals surface area contributed by atoms with E-state index in [1.807, 2.05) is 6.92 Å². The number of hydrogen-bond donors (Lipinski definition) is 1. The van der Waals surface area contributed by atoms with E-state index in [1.54, 1.807) is 45.2 Å². The molecular formula is C21H22ClFN2O2. The van der Waals surface area contributed by atoms with Gasteiger partial charge in [0.1, 0.15) is 11.4 Å². The van der Waals surface area contributed by atoms with Crippen LogP contribution in [0.25, 0.3) is 0 Å². The zero-order valence-electron chi connectivity index (χ0n) is 15.8. The van der Waals surface area contributed by atoms with Crippen LogP contribution in [-0.4, -0.2) is 23.2 Å². The van der Waals surface area contributed by atoms with E-state index in [0.717, 1.165) is 0 Å². The van der Waals surface area contributed by atoms with Crippen LogP contribution in [-0.2, 0) is 4.74 Å². The Kier molecular flexibility index (Phi) is 6.81. The summed E-state index contributed by atoms with van der Waals surface area (Å²) in [5.41, 5.74) is 1.47. The molecule has 0 radical (unpaired) electrons. The molecule has 4 nitrogen and oxygen atoms in total. The van der Waals surface area contributed by atoms with E-state index in [9.17, 15) is 9.18 Å². The summed E-state index contributed by atoms with van der Waals surface area (Å²) in [7, 11) is 0. The van der Waals surface area contributed by atoms with Crippen LogP contribution in [0.2, 0.25) is 5.02 Å². The van der Waals surface area contributed by atoms with Gasteiger partial charge in [0.25, 0.3) is 0 Å². The number of nitrogens with zero attached hydrogens (tertiary/aromatic N) is 1. The number of hydrogen-bond acceptors (Lipinski definition) is 3. The Morgan fingerprint density at radius 2 is 1.89 bits per heavy atom. The summed E-state index contributed by atoms with van der Waals surface area (Å²) < 4.78 is 18.1. The van der Waals surface area contributed by atoms with E-state index in [4.69, 9.17) is 16.3 Å². The summed E-state index contributed by atoms with van der Waals surface area (Å²) in [6, 6.07) is 7.66. The maximum atomic E-state index is 12.9. The molecule has 1 aromatic heterocycles. The monoisotopic (exact) mass is 388 g/mol. The predicted molar refractivity (Wildman–Crippen MR) is 104 cm³/mol. The Bertz CT molecular complexity index is 864. The number of halogens is 2. The van der Waals surface area contributed by atoms with E-state index < -0.39 is 11.7 Å². The smallest absolute Gasteiger partial charge is 0.407 e. The Hall–Kier alpha value is -2.58. The molecule has 1 heterocycles. The molecule has 0 aliphatic heterocycles. The van der Waals surface area contributed by atoms with E-state index >= 15 is 0 Å². The highest BCUT2D eigenvalue weighted by Crippen LogP contribution is 2.22. The van der Waals surface area contributed by atoms with Gasteiger partial charge >= 0.3 is 6.09 Å². The van der Waals surface area contributed by atoms with Crippen molar-refractivity contribution in [3.63, 3.8) is 0 Å². The zero-order valence-corrected chi connectivity index (χ0v) is 16.5. The van der Waals surface area contributed by atoms with E-state index in [0.29, 0.717) is 28.4 Å². The summed E-state index contributed by atoms with van der Waals surface area (Å²) in [5.74, 6) is 5.50. The van der Waals surface area contributed by atoms with E-state index in [2.05, 4.69) is 22.1 Å². The summed E-state index contributed by atoms with van der Waals surface area (Å²) in [6.45, 7) is 7.68. The van der Waals surface area contributed by atoms with Gasteiger partial charge in [-0.1, -0.05) is 30.4 Å². The molecule has 6 heteroatoms. The van der Waals surface area contributed by atoms with Gasteiger partial charge in [0.15, 0.2) is 0 Å². The van der Waals surface area contributed by atoms with Gasteiger partial charge in [-0.25, -0.2) is 9.18 Å². The Balaban J connectivity index is 2.01. The normalized spacial score (nSPS) is 11.9. The molecule has 0 aliphatic rings. The molecule has 0 bridgehead atoms. The molecule has 2 rings (SSSR count). The third-order valence-electron chi connectivity index (χ3n) is 3.48. The SMILES string of the molecule is CC(CNC(=O)OC(C)(C)C)c1ncc(C#Cc2ccc(F)cc2)cc1Cl. The van der Waals surface area contributed by atoms with Crippen LogP contribution in [0.1, 0.15) is 50.4 Å². The second kappa shape index (κ2) is 8.88. The number of carbonyl (C=O) groups excluding carboxylic acids is 1. The zero-order chi connectivity index (χ0) is 20.0. The van der Waals surface area contributed by atoms with Gasteiger partial charge in [-0.15, -0.1) is 0 Å². The second-order valence-corrected chi connectivity index (χ2v) is 7.54. The molecule has 1 aromatic carbocycles. The number of alkyl carbamates (subject to hydrolysis) is 1. The lowest BCUT2D eigenvalue weighted by Gasteiger charge is -2.21. The Morgan fingerprint density at radius 1 is 1.26 bits per heavy atom. The minimum Gasteiger partial charge on any atom is -0.444 e. The Morgan fingerprint density at radius 3 is 2.48 bits per heavy atom. The molecule has 0 fully saturated rings. The number of benzene rings is 1. The molecule has 0 saturated heterocycles. The van der Waals surface area contributed by atoms with Gasteiger partial charge in [0, 0.05) is 29.8 Å². The van der Waals surface area contributed by atoms with Gasteiger partial charge in [0.2, 0.25) is 0 Å². The summed E-state index contributed by atoms with van der Waals surface area (Å²) in [4.78, 5) is 16.1. The third kappa shape index (κ3) is 6.92. The molecule has 1 amide bonds. The highest BCUT2D eigenvalue weighted by Gasteiger charge is 2.18. The van der Waals surface area contributed by atoms with Crippen molar-refractivity contribution in [2.45, 2.75) is 39.2 Å². The fourth-order valence-electron chi connectivity index (χ4n) is 2.20. The first-order valence-corrected chi connectivity index (χ1v) is 8.92. The van der Waals surface area contributed by atoms with Crippen LogP contribution in [0.3, 0.4) is 0 Å². The van der Waals surface area contributed by atoms with Crippen LogP contribution < -0.4 is 5.32 Å². The van der Waals surface area contributed by atoms with Crippen molar-refractivity contribution in [1.29, 1.82) is 0 Å². The first-order chi connectivity index (χ1) is 12.6. The lowest BCUT2D eigenvalue weighted by atomic mass is 10.1. The van der Waals surface area contributed by atoms with Crippen molar-refractivity contribution in [3.05, 3.63) is 64.2 Å². The largest absolute Gasteiger partial charge is 0.444 e. The topological polar surface area (TPSA) is 51.2 Å². The first kappa shape index (κ1) is 20.7. The van der Waals surface area contributed by atoms with Gasteiger partial charge in [-0.05, 0) is 51.1 Å². The van der Waals surface area contributed by atoms with Crippen molar-refractivity contribution in [2.75, 3.05) is 6.54 Å². The van der Waals surface area contributed by atoms with Crippen LogP contribution in [0.15, 0.2) is 36.5 Å². The van der Waals surface area contributed by atoms with Crippen molar-refractivity contribution in [2.24, 2.45) is 0 Å². The average Bonchev–Trinajstić information content (AvgIpc) is 2.58. The van der Waals surface area contributed by atoms with Crippen molar-refractivity contribution in [3.8, 4) is 11.8 Å². The molecule has 0 aliphatic carbocycles. The molecule has 0 spiro atoms. The van der Waals surface area contributed by atoms with Gasteiger partial charge in [0.05, 0.1) is 10.7 Å². The lowest BCUT2D eigenvalue weighted by molar-refractivity contribution is 0.0525. The van der Waals surface area contributed by atoms with Crippen LogP contribution in [0, 0.1) is 17.7 Å². The standard InChI is InChI=1S/C21H22ClFN2O2/c1-14(12-25-20(26)27-21(2,3)4)19-18(22)11-16(13-24-19)6-5-15-7-9-17(23)10-8-15/h7-11,13-14H,12H2,1-4H3,(H,25,26). The molecule has 2 aromatic rings. The molecule has 0 saturated carbocycles. The fraction of sp³-hybridized carbons (Fsp3) is 0.333. The van der Waals surface area contributed by atoms with E-state index in [1.165, 1.54) is 12.1 Å². The van der Waals surface area contributed by atoms with Crippen LogP contribution in [0.5, 0.6) is 0 Å². The summed E-state index contributed by atoms with van der Waals surface area (Å²) in [6.07, 6.45) is 1.15. The van der Waals surface area contributed by atoms with Crippen molar-refractivity contribution in [1.82, 2.24) is 10.3 Å². The average molecular weight is 389 g/mol. The van der Waals surface area contributed by atoms with E-state index in [-0.39, 0.29) is 11.7 Å². The second-order valence-electron chi connectivity index (χ2n) is 7.13. The van der Waals surface area contributed by atoms with Crippen molar-refractivity contribution < 1.29 is 13.9 Å². The lowest BCUT2D eigenvalue weighted by Crippen LogP contribution is -2.34. The van der Waals surface area contributed by atoms with Crippen LogP contribution >= 0.6 is 11.6 Å². The minimum atomic E-state index is -0.548. The number of pyridine rings is 1. The number of aromatic nitrogens is 1. The number of rotatable bonds is 3. The Labute approximate surface area is 164 Å². The van der Waals surface area contributed by atoms with Gasteiger partial charge in [-0.2, -0.15) is 0 Å². The number of amides is 1. The van der Waals surface area contributed by atoms with Crippen molar-refractivity contribution >= 4 is 17.7 Å². The van der Waals surface area contributed by atoms with Gasteiger partial charge < -0.3 is 10.1 Å². The predicted octanol–water partition coefficient (Wildman–Crippen LogP) is 4.90. The number of ether oxygens (including phenoxy) is 1. The maximum absolute atomic E-state index is 12.9. The number of nitrogens with one attached hydrogen (secondary N) is 1. The van der Waals surface area contributed by atoms with Gasteiger partial charge in [-0.3, -0.25) is 4.98 Å². The maximum Gasteiger partial charge on any atom is 0.407 e. The minimum absolute atomic E-state index is 0.0934. The molecular weight excluding hydrogens is 367 g/mol. The van der Waals surface area contributed by atoms with Crippen LogP contribution in [0.4, 0.5) is 9.18 Å². The first-order valence-electron chi connectivity index (χ1n) is 8.54. The molecule has 1 atom stereocenters.